The Hall–Kier alpha value is -1.55. The second kappa shape index (κ2) is 5.02. The standard InChI is InChI=1S/C16H18ClNO3/c1-10(19)18(14-8-9-14)16(15(20)21,11-2-3-11)12-4-6-13(17)7-5-12/h4-7,11,14H,2-3,8-9H2,1H3,(H,20,21). The summed E-state index contributed by atoms with van der Waals surface area (Å²) >= 11 is 5.93. The van der Waals surface area contributed by atoms with Crippen LogP contribution in [-0.4, -0.2) is 27.9 Å². The quantitative estimate of drug-likeness (QED) is 0.909. The van der Waals surface area contributed by atoms with Crippen molar-refractivity contribution in [1.82, 2.24) is 4.90 Å². The van der Waals surface area contributed by atoms with Crippen molar-refractivity contribution in [3.8, 4) is 0 Å². The van der Waals surface area contributed by atoms with Gasteiger partial charge in [-0.1, -0.05) is 23.7 Å². The molecule has 1 aromatic rings. The number of amides is 1. The number of benzene rings is 1. The molecule has 0 aromatic heterocycles. The van der Waals surface area contributed by atoms with Gasteiger partial charge < -0.3 is 10.0 Å². The second-order valence-corrected chi connectivity index (χ2v) is 6.41. The van der Waals surface area contributed by atoms with Gasteiger partial charge in [0.1, 0.15) is 0 Å². The minimum atomic E-state index is -1.24. The molecule has 1 N–H and O–H groups in total. The summed E-state index contributed by atoms with van der Waals surface area (Å²) in [6.45, 7) is 1.47. The first-order valence-electron chi connectivity index (χ1n) is 7.27. The Kier molecular flexibility index (Phi) is 3.44. The van der Waals surface area contributed by atoms with Crippen LogP contribution < -0.4 is 0 Å². The third kappa shape index (κ3) is 2.31. The molecule has 0 radical (unpaired) electrons. The normalized spacial score (nSPS) is 20.7. The number of carbonyl (C=O) groups is 2. The number of halogens is 1. The highest BCUT2D eigenvalue weighted by molar-refractivity contribution is 6.30. The summed E-state index contributed by atoms with van der Waals surface area (Å²) in [6, 6.07) is 6.93. The molecule has 112 valence electrons. The molecule has 1 unspecified atom stereocenters. The van der Waals surface area contributed by atoms with Crippen LogP contribution in [0.1, 0.15) is 38.2 Å². The van der Waals surface area contributed by atoms with Crippen LogP contribution in [0.2, 0.25) is 5.02 Å². The minimum Gasteiger partial charge on any atom is -0.479 e. The molecule has 2 aliphatic carbocycles. The summed E-state index contributed by atoms with van der Waals surface area (Å²) in [5.74, 6) is -1.11. The molecule has 0 aliphatic heterocycles. The molecule has 2 aliphatic rings. The first kappa shape index (κ1) is 14.4. The van der Waals surface area contributed by atoms with Crippen molar-refractivity contribution >= 4 is 23.5 Å². The fraction of sp³-hybridized carbons (Fsp3) is 0.500. The third-order valence-corrected chi connectivity index (χ3v) is 4.66. The molecule has 1 aromatic carbocycles. The molecular formula is C16H18ClNO3. The number of carbonyl (C=O) groups excluding carboxylic acids is 1. The van der Waals surface area contributed by atoms with E-state index in [0.717, 1.165) is 25.7 Å². The van der Waals surface area contributed by atoms with Crippen LogP contribution >= 0.6 is 11.6 Å². The Morgan fingerprint density at radius 2 is 1.76 bits per heavy atom. The third-order valence-electron chi connectivity index (χ3n) is 4.41. The van der Waals surface area contributed by atoms with Crippen molar-refractivity contribution in [3.63, 3.8) is 0 Å². The molecule has 2 saturated carbocycles. The van der Waals surface area contributed by atoms with Gasteiger partial charge in [0.05, 0.1) is 0 Å². The lowest BCUT2D eigenvalue weighted by Gasteiger charge is -2.41. The summed E-state index contributed by atoms with van der Waals surface area (Å²) in [6.07, 6.45) is 3.45. The van der Waals surface area contributed by atoms with Gasteiger partial charge in [-0.15, -0.1) is 0 Å². The maximum atomic E-state index is 12.2. The molecular weight excluding hydrogens is 290 g/mol. The van der Waals surface area contributed by atoms with E-state index in [1.807, 2.05) is 0 Å². The van der Waals surface area contributed by atoms with Gasteiger partial charge >= 0.3 is 5.97 Å². The molecule has 21 heavy (non-hydrogen) atoms. The Bertz CT molecular complexity index is 578. The molecule has 3 rings (SSSR count). The first-order chi connectivity index (χ1) is 9.97. The SMILES string of the molecule is CC(=O)N(C1CC1)C(C(=O)O)(c1ccc(Cl)cc1)C1CC1. The van der Waals surface area contributed by atoms with Crippen molar-refractivity contribution in [3.05, 3.63) is 34.9 Å². The fourth-order valence-corrected chi connectivity index (χ4v) is 3.43. The van der Waals surface area contributed by atoms with Gasteiger partial charge in [0, 0.05) is 18.0 Å². The van der Waals surface area contributed by atoms with Crippen LogP contribution in [0.15, 0.2) is 24.3 Å². The van der Waals surface area contributed by atoms with Crippen molar-refractivity contribution < 1.29 is 14.7 Å². The number of hydrogen-bond donors (Lipinski definition) is 1. The van der Waals surface area contributed by atoms with Crippen molar-refractivity contribution in [2.75, 3.05) is 0 Å². The van der Waals surface area contributed by atoms with E-state index in [1.54, 1.807) is 29.2 Å². The van der Waals surface area contributed by atoms with Gasteiger partial charge in [-0.25, -0.2) is 4.79 Å². The highest BCUT2D eigenvalue weighted by atomic mass is 35.5. The van der Waals surface area contributed by atoms with Gasteiger partial charge in [0.2, 0.25) is 5.91 Å². The zero-order valence-electron chi connectivity index (χ0n) is 11.9. The number of carboxylic acids is 1. The predicted octanol–water partition coefficient (Wildman–Crippen LogP) is 3.04. The van der Waals surface area contributed by atoms with Gasteiger partial charge in [-0.3, -0.25) is 4.79 Å². The van der Waals surface area contributed by atoms with Crippen LogP contribution in [0.25, 0.3) is 0 Å². The number of aliphatic carboxylic acids is 1. The predicted molar refractivity (Wildman–Crippen MR) is 79.0 cm³/mol. The summed E-state index contributed by atoms with van der Waals surface area (Å²) in [7, 11) is 0. The van der Waals surface area contributed by atoms with Crippen LogP contribution in [0.3, 0.4) is 0 Å². The van der Waals surface area contributed by atoms with Crippen LogP contribution in [-0.2, 0) is 15.1 Å². The zero-order chi connectivity index (χ0) is 15.2. The van der Waals surface area contributed by atoms with Crippen LogP contribution in [0, 0.1) is 5.92 Å². The number of nitrogens with zero attached hydrogens (tertiary/aromatic N) is 1. The molecule has 1 atom stereocenters. The summed E-state index contributed by atoms with van der Waals surface area (Å²) in [5, 5.41) is 10.6. The second-order valence-electron chi connectivity index (χ2n) is 5.97. The lowest BCUT2D eigenvalue weighted by atomic mass is 9.82. The molecule has 1 amide bonds. The first-order valence-corrected chi connectivity index (χ1v) is 7.65. The average molecular weight is 308 g/mol. The molecule has 0 heterocycles. The average Bonchev–Trinajstić information content (AvgIpc) is 3.27. The largest absolute Gasteiger partial charge is 0.479 e. The lowest BCUT2D eigenvalue weighted by Crippen LogP contribution is -2.56. The number of hydrogen-bond acceptors (Lipinski definition) is 2. The molecule has 4 nitrogen and oxygen atoms in total. The molecule has 5 heteroatoms. The molecule has 2 fully saturated rings. The van der Waals surface area contributed by atoms with Gasteiger partial charge in [-0.05, 0) is 49.3 Å². The van der Waals surface area contributed by atoms with E-state index in [2.05, 4.69) is 0 Å². The summed E-state index contributed by atoms with van der Waals surface area (Å²) in [4.78, 5) is 26.0. The molecule has 0 saturated heterocycles. The Balaban J connectivity index is 2.15. The zero-order valence-corrected chi connectivity index (χ0v) is 12.6. The minimum absolute atomic E-state index is 0.0133. The van der Waals surface area contributed by atoms with Gasteiger partial charge in [0.25, 0.3) is 0 Å². The van der Waals surface area contributed by atoms with Crippen molar-refractivity contribution in [1.29, 1.82) is 0 Å². The van der Waals surface area contributed by atoms with Gasteiger partial charge in [0.15, 0.2) is 5.54 Å². The van der Waals surface area contributed by atoms with E-state index in [1.165, 1.54) is 6.92 Å². The Morgan fingerprint density at radius 1 is 1.19 bits per heavy atom. The summed E-state index contributed by atoms with van der Waals surface area (Å²) in [5.41, 5.74) is -0.582. The fourth-order valence-electron chi connectivity index (χ4n) is 3.30. The topological polar surface area (TPSA) is 57.6 Å². The monoisotopic (exact) mass is 307 g/mol. The van der Waals surface area contributed by atoms with E-state index in [4.69, 9.17) is 11.6 Å². The Labute approximate surface area is 128 Å². The maximum Gasteiger partial charge on any atom is 0.334 e. The maximum absolute atomic E-state index is 12.2. The van der Waals surface area contributed by atoms with Gasteiger partial charge in [-0.2, -0.15) is 0 Å². The molecule has 0 bridgehead atoms. The van der Waals surface area contributed by atoms with Crippen LogP contribution in [0.5, 0.6) is 0 Å². The number of carboxylic acid groups (broad SMARTS) is 1. The van der Waals surface area contributed by atoms with Crippen molar-refractivity contribution in [2.24, 2.45) is 5.92 Å². The summed E-state index contributed by atoms with van der Waals surface area (Å²) < 4.78 is 0. The highest BCUT2D eigenvalue weighted by Gasteiger charge is 2.60. The molecule has 0 spiro atoms. The van der Waals surface area contributed by atoms with E-state index >= 15 is 0 Å². The van der Waals surface area contributed by atoms with E-state index in [9.17, 15) is 14.7 Å². The number of rotatable bonds is 5. The van der Waals surface area contributed by atoms with Crippen LogP contribution in [0.4, 0.5) is 0 Å². The van der Waals surface area contributed by atoms with E-state index < -0.39 is 11.5 Å². The van der Waals surface area contributed by atoms with E-state index in [-0.39, 0.29) is 17.9 Å². The lowest BCUT2D eigenvalue weighted by molar-refractivity contribution is -0.162. The smallest absolute Gasteiger partial charge is 0.334 e. The Morgan fingerprint density at radius 3 is 2.14 bits per heavy atom. The van der Waals surface area contributed by atoms with Crippen molar-refractivity contribution in [2.45, 2.75) is 44.2 Å². The van der Waals surface area contributed by atoms with E-state index in [0.29, 0.717) is 10.6 Å². The highest BCUT2D eigenvalue weighted by Crippen LogP contribution is 2.53.